The minimum Gasteiger partial charge on any atom is -0.495 e. The molecule has 7 nitrogen and oxygen atoms in total. The lowest BCUT2D eigenvalue weighted by molar-refractivity contribution is -0.117. The van der Waals surface area contributed by atoms with Gasteiger partial charge < -0.3 is 14.8 Å². The maximum atomic E-state index is 13.0. The molecule has 1 heterocycles. The van der Waals surface area contributed by atoms with Gasteiger partial charge in [-0.25, -0.2) is 8.42 Å². The van der Waals surface area contributed by atoms with Crippen molar-refractivity contribution < 1.29 is 22.7 Å². The van der Waals surface area contributed by atoms with Crippen molar-refractivity contribution in [2.24, 2.45) is 17.8 Å². The maximum absolute atomic E-state index is 13.0. The molecule has 1 aromatic carbocycles. The second-order valence-corrected chi connectivity index (χ2v) is 9.98. The van der Waals surface area contributed by atoms with E-state index in [9.17, 15) is 13.2 Å². The molecule has 4 rings (SSSR count). The lowest BCUT2D eigenvalue weighted by Crippen LogP contribution is -2.40. The largest absolute Gasteiger partial charge is 0.495 e. The summed E-state index contributed by atoms with van der Waals surface area (Å²) in [6.45, 7) is 1.38. The molecule has 154 valence electrons. The molecule has 0 aromatic heterocycles. The normalized spacial score (nSPS) is 27.7. The number of carbonyl (C=O) groups is 1. The second kappa shape index (κ2) is 8.00. The van der Waals surface area contributed by atoms with E-state index in [4.69, 9.17) is 9.47 Å². The summed E-state index contributed by atoms with van der Waals surface area (Å²) in [6, 6.07) is 4.79. The quantitative estimate of drug-likeness (QED) is 0.782. The van der Waals surface area contributed by atoms with E-state index >= 15 is 0 Å². The van der Waals surface area contributed by atoms with Gasteiger partial charge in [-0.05, 0) is 55.2 Å². The van der Waals surface area contributed by atoms with Gasteiger partial charge in [-0.2, -0.15) is 4.31 Å². The van der Waals surface area contributed by atoms with Crippen molar-refractivity contribution in [3.8, 4) is 5.75 Å². The molecule has 3 aliphatic rings. The zero-order chi connectivity index (χ0) is 19.7. The van der Waals surface area contributed by atoms with Crippen LogP contribution in [-0.4, -0.2) is 52.0 Å². The SMILES string of the molecule is COc1ccc(NC(=O)C[C@@H]2C[C@H]3CC[C@H]2C3)cc1S(=O)(=O)N1CCOCC1. The predicted octanol–water partition coefficient (Wildman–Crippen LogP) is 2.48. The number of hydrogen-bond donors (Lipinski definition) is 1. The lowest BCUT2D eigenvalue weighted by Gasteiger charge is -2.27. The molecule has 1 aromatic rings. The Labute approximate surface area is 166 Å². The highest BCUT2D eigenvalue weighted by atomic mass is 32.2. The van der Waals surface area contributed by atoms with Gasteiger partial charge in [0.2, 0.25) is 15.9 Å². The summed E-state index contributed by atoms with van der Waals surface area (Å²) in [6.07, 6.45) is 5.48. The number of morpholine rings is 1. The molecule has 0 unspecified atom stereocenters. The zero-order valence-electron chi connectivity index (χ0n) is 16.2. The van der Waals surface area contributed by atoms with Crippen molar-refractivity contribution in [2.45, 2.75) is 37.0 Å². The Morgan fingerprint density at radius 2 is 2.04 bits per heavy atom. The molecular weight excluding hydrogens is 380 g/mol. The van der Waals surface area contributed by atoms with Crippen molar-refractivity contribution >= 4 is 21.6 Å². The average Bonchev–Trinajstić information content (AvgIpc) is 3.31. The van der Waals surface area contributed by atoms with Crippen molar-refractivity contribution in [1.29, 1.82) is 0 Å². The van der Waals surface area contributed by atoms with Crippen LogP contribution >= 0.6 is 0 Å². The van der Waals surface area contributed by atoms with Crippen LogP contribution in [0.25, 0.3) is 0 Å². The highest BCUT2D eigenvalue weighted by Gasteiger charge is 2.40. The summed E-state index contributed by atoms with van der Waals surface area (Å²) < 4.78 is 38.0. The number of nitrogens with zero attached hydrogens (tertiary/aromatic N) is 1. The molecule has 3 fully saturated rings. The molecule has 28 heavy (non-hydrogen) atoms. The molecule has 1 amide bonds. The van der Waals surface area contributed by atoms with E-state index in [0.29, 0.717) is 50.2 Å². The van der Waals surface area contributed by atoms with Gasteiger partial charge in [-0.1, -0.05) is 6.42 Å². The van der Waals surface area contributed by atoms with E-state index in [0.717, 1.165) is 12.3 Å². The zero-order valence-corrected chi connectivity index (χ0v) is 17.0. The van der Waals surface area contributed by atoms with Gasteiger partial charge in [0, 0.05) is 25.2 Å². The van der Waals surface area contributed by atoms with Crippen LogP contribution in [0, 0.1) is 17.8 Å². The first-order valence-corrected chi connectivity index (χ1v) is 11.5. The first-order valence-electron chi connectivity index (χ1n) is 10.0. The van der Waals surface area contributed by atoms with Crippen LogP contribution in [0.1, 0.15) is 32.1 Å². The Morgan fingerprint density at radius 3 is 2.68 bits per heavy atom. The van der Waals surface area contributed by atoms with E-state index in [1.807, 2.05) is 0 Å². The van der Waals surface area contributed by atoms with Gasteiger partial charge >= 0.3 is 0 Å². The molecule has 0 radical (unpaired) electrons. The lowest BCUT2D eigenvalue weighted by atomic mass is 9.86. The van der Waals surface area contributed by atoms with Gasteiger partial charge in [0.15, 0.2) is 0 Å². The molecular formula is C20H28N2O5S. The van der Waals surface area contributed by atoms with E-state index in [1.54, 1.807) is 12.1 Å². The maximum Gasteiger partial charge on any atom is 0.246 e. The Morgan fingerprint density at radius 1 is 1.25 bits per heavy atom. The predicted molar refractivity (Wildman–Crippen MR) is 105 cm³/mol. The summed E-state index contributed by atoms with van der Waals surface area (Å²) >= 11 is 0. The minimum atomic E-state index is -3.72. The van der Waals surface area contributed by atoms with Crippen LogP contribution in [0.15, 0.2) is 23.1 Å². The number of anilines is 1. The molecule has 1 aliphatic heterocycles. The second-order valence-electron chi connectivity index (χ2n) is 8.07. The number of methoxy groups -OCH3 is 1. The minimum absolute atomic E-state index is 0.0440. The molecule has 2 saturated carbocycles. The van der Waals surface area contributed by atoms with Crippen LogP contribution in [0.2, 0.25) is 0 Å². The third-order valence-corrected chi connectivity index (χ3v) is 8.29. The Bertz CT molecular complexity index is 835. The molecule has 2 aliphatic carbocycles. The number of nitrogens with one attached hydrogen (secondary N) is 1. The molecule has 1 N–H and O–H groups in total. The van der Waals surface area contributed by atoms with E-state index in [1.165, 1.54) is 36.7 Å². The Hall–Kier alpha value is -1.64. The molecule has 2 bridgehead atoms. The molecule has 0 spiro atoms. The van der Waals surface area contributed by atoms with E-state index < -0.39 is 10.0 Å². The van der Waals surface area contributed by atoms with Gasteiger partial charge in [0.05, 0.1) is 20.3 Å². The smallest absolute Gasteiger partial charge is 0.246 e. The number of sulfonamides is 1. The topological polar surface area (TPSA) is 84.9 Å². The van der Waals surface area contributed by atoms with Gasteiger partial charge in [-0.3, -0.25) is 4.79 Å². The number of benzene rings is 1. The summed E-state index contributed by atoms with van der Waals surface area (Å²) in [5.41, 5.74) is 0.487. The Kier molecular flexibility index (Phi) is 5.62. The molecule has 3 atom stereocenters. The first-order chi connectivity index (χ1) is 13.5. The fourth-order valence-electron chi connectivity index (χ4n) is 4.96. The number of carbonyl (C=O) groups excluding carboxylic acids is 1. The number of fused-ring (bicyclic) bond motifs is 2. The number of ether oxygens (including phenoxy) is 2. The van der Waals surface area contributed by atoms with Crippen molar-refractivity contribution in [1.82, 2.24) is 4.31 Å². The number of hydrogen-bond acceptors (Lipinski definition) is 5. The van der Waals surface area contributed by atoms with Gasteiger partial charge in [0.1, 0.15) is 10.6 Å². The Balaban J connectivity index is 1.49. The van der Waals surface area contributed by atoms with Gasteiger partial charge in [0.25, 0.3) is 0 Å². The monoisotopic (exact) mass is 408 g/mol. The third-order valence-electron chi connectivity index (χ3n) is 6.37. The van der Waals surface area contributed by atoms with Crippen molar-refractivity contribution in [2.75, 3.05) is 38.7 Å². The summed E-state index contributed by atoms with van der Waals surface area (Å²) in [7, 11) is -2.27. The van der Waals surface area contributed by atoms with Crippen LogP contribution in [0.5, 0.6) is 5.75 Å². The average molecular weight is 409 g/mol. The summed E-state index contributed by atoms with van der Waals surface area (Å²) in [5.74, 6) is 2.18. The first kappa shape index (κ1) is 19.7. The van der Waals surface area contributed by atoms with E-state index in [-0.39, 0.29) is 16.6 Å². The molecule has 8 heteroatoms. The standard InChI is InChI=1S/C20H28N2O5S/c1-26-18-5-4-17(13-19(18)28(24,25)22-6-8-27-9-7-22)21-20(23)12-16-11-14-2-3-15(16)10-14/h4-5,13-16H,2-3,6-12H2,1H3,(H,21,23)/t14-,15-,16-/m0/s1. The molecule has 1 saturated heterocycles. The number of amides is 1. The highest BCUT2D eigenvalue weighted by Crippen LogP contribution is 2.49. The van der Waals surface area contributed by atoms with Crippen LogP contribution < -0.4 is 10.1 Å². The van der Waals surface area contributed by atoms with Crippen LogP contribution in [-0.2, 0) is 19.6 Å². The number of rotatable bonds is 6. The summed E-state index contributed by atoms with van der Waals surface area (Å²) in [4.78, 5) is 12.6. The summed E-state index contributed by atoms with van der Waals surface area (Å²) in [5, 5.41) is 2.89. The fraction of sp³-hybridized carbons (Fsp3) is 0.650. The third kappa shape index (κ3) is 3.90. The van der Waals surface area contributed by atoms with Crippen molar-refractivity contribution in [3.05, 3.63) is 18.2 Å². The fourth-order valence-corrected chi connectivity index (χ4v) is 6.55. The van der Waals surface area contributed by atoms with Crippen LogP contribution in [0.4, 0.5) is 5.69 Å². The highest BCUT2D eigenvalue weighted by molar-refractivity contribution is 7.89. The van der Waals surface area contributed by atoms with Gasteiger partial charge in [-0.15, -0.1) is 0 Å². The van der Waals surface area contributed by atoms with E-state index in [2.05, 4.69) is 5.32 Å². The van der Waals surface area contributed by atoms with Crippen LogP contribution in [0.3, 0.4) is 0 Å². The van der Waals surface area contributed by atoms with Crippen molar-refractivity contribution in [3.63, 3.8) is 0 Å².